The van der Waals surface area contributed by atoms with Crippen molar-refractivity contribution < 1.29 is 9.59 Å². The molecular weight excluding hydrogens is 243 g/mol. The zero-order valence-corrected chi connectivity index (χ0v) is 9.03. The summed E-state index contributed by atoms with van der Waals surface area (Å²) in [6.07, 6.45) is 1.61. The van der Waals surface area contributed by atoms with Crippen LogP contribution >= 0.6 is 15.9 Å². The lowest BCUT2D eigenvalue weighted by molar-refractivity contribution is -0.119. The summed E-state index contributed by atoms with van der Waals surface area (Å²) < 4.78 is 0.825. The summed E-state index contributed by atoms with van der Waals surface area (Å²) in [4.78, 5) is 21.0. The van der Waals surface area contributed by atoms with Gasteiger partial charge in [-0.15, -0.1) is 0 Å². The third-order valence-corrected chi connectivity index (χ3v) is 2.69. The Kier molecular flexibility index (Phi) is 4.07. The van der Waals surface area contributed by atoms with E-state index in [-0.39, 0.29) is 0 Å². The van der Waals surface area contributed by atoms with E-state index >= 15 is 0 Å². The van der Waals surface area contributed by atoms with Crippen LogP contribution in [-0.4, -0.2) is 20.4 Å². The Morgan fingerprint density at radius 2 is 2.00 bits per heavy atom. The summed E-state index contributed by atoms with van der Waals surface area (Å²) in [5.74, 6) is -0.615. The van der Waals surface area contributed by atoms with Crippen LogP contribution in [0.3, 0.4) is 0 Å². The fourth-order valence-corrected chi connectivity index (χ4v) is 1.70. The van der Waals surface area contributed by atoms with Crippen LogP contribution in [0.5, 0.6) is 0 Å². The van der Waals surface area contributed by atoms with E-state index in [4.69, 9.17) is 7.85 Å². The summed E-state index contributed by atoms with van der Waals surface area (Å²) in [7, 11) is 5.72. The van der Waals surface area contributed by atoms with Crippen molar-refractivity contribution in [2.45, 2.75) is 6.42 Å². The van der Waals surface area contributed by atoms with E-state index in [1.54, 1.807) is 12.1 Å². The molecular formula is C10H8BBrO2. The average molecular weight is 251 g/mol. The molecule has 0 aliphatic heterocycles. The van der Waals surface area contributed by atoms with Crippen LogP contribution in [0.4, 0.5) is 0 Å². The van der Waals surface area contributed by atoms with E-state index in [1.807, 2.05) is 6.07 Å². The van der Waals surface area contributed by atoms with Gasteiger partial charge in [-0.3, -0.25) is 0 Å². The molecule has 2 radical (unpaired) electrons. The Hall–Kier alpha value is -0.895. The second-order valence-corrected chi connectivity index (χ2v) is 3.80. The number of hydrogen-bond acceptors (Lipinski definition) is 2. The summed E-state index contributed by atoms with van der Waals surface area (Å²) in [6, 6.07) is 5.38. The minimum absolute atomic E-state index is 0.347. The smallest absolute Gasteiger partial charge is 0.130 e. The first-order chi connectivity index (χ1) is 6.69. The highest BCUT2D eigenvalue weighted by Gasteiger charge is 2.10. The molecule has 1 aromatic carbocycles. The standard InChI is InChI=1S/C10H8BBrO2/c11-9-2-1-3-10(12)8(9)4-7(5-13)6-14/h1-3,5-7H,4H2. The topological polar surface area (TPSA) is 34.1 Å². The highest BCUT2D eigenvalue weighted by Crippen LogP contribution is 2.16. The predicted molar refractivity (Wildman–Crippen MR) is 58.9 cm³/mol. The molecule has 0 amide bonds. The third-order valence-electron chi connectivity index (χ3n) is 1.94. The molecule has 0 spiro atoms. The number of carbonyl (C=O) groups excluding carboxylic acids is 2. The lowest BCUT2D eigenvalue weighted by Crippen LogP contribution is -2.17. The number of halogens is 1. The van der Waals surface area contributed by atoms with Crippen molar-refractivity contribution in [3.63, 3.8) is 0 Å². The lowest BCUT2D eigenvalue weighted by atomic mass is 9.86. The first-order valence-corrected chi connectivity index (χ1v) is 4.91. The predicted octanol–water partition coefficient (Wildman–Crippen LogP) is 0.799. The molecule has 0 heterocycles. The number of hydrogen-bond donors (Lipinski definition) is 0. The van der Waals surface area contributed by atoms with Crippen LogP contribution in [-0.2, 0) is 16.0 Å². The van der Waals surface area contributed by atoms with Gasteiger partial charge in [0.15, 0.2) is 0 Å². The van der Waals surface area contributed by atoms with Crippen molar-refractivity contribution in [2.24, 2.45) is 5.92 Å². The van der Waals surface area contributed by atoms with Gasteiger partial charge in [-0.25, -0.2) is 0 Å². The van der Waals surface area contributed by atoms with Crippen molar-refractivity contribution in [2.75, 3.05) is 0 Å². The molecule has 0 unspecified atom stereocenters. The van der Waals surface area contributed by atoms with Gasteiger partial charge in [0, 0.05) is 4.47 Å². The molecule has 1 aromatic rings. The molecule has 0 aliphatic rings. The monoisotopic (exact) mass is 250 g/mol. The van der Waals surface area contributed by atoms with Crippen molar-refractivity contribution in [3.8, 4) is 0 Å². The largest absolute Gasteiger partial charge is 0.303 e. The van der Waals surface area contributed by atoms with Gasteiger partial charge in [-0.1, -0.05) is 33.5 Å². The Morgan fingerprint density at radius 3 is 2.50 bits per heavy atom. The Bertz CT molecular complexity index is 324. The molecule has 0 N–H and O–H groups in total. The van der Waals surface area contributed by atoms with E-state index < -0.39 is 5.92 Å². The van der Waals surface area contributed by atoms with Crippen molar-refractivity contribution >= 4 is 41.8 Å². The van der Waals surface area contributed by atoms with Gasteiger partial charge in [0.2, 0.25) is 0 Å². The lowest BCUT2D eigenvalue weighted by Gasteiger charge is -2.09. The molecule has 0 aromatic heterocycles. The fraction of sp³-hybridized carbons (Fsp3) is 0.200. The zero-order chi connectivity index (χ0) is 10.6. The van der Waals surface area contributed by atoms with Crippen molar-refractivity contribution in [1.82, 2.24) is 0 Å². The Morgan fingerprint density at radius 1 is 1.36 bits per heavy atom. The first-order valence-electron chi connectivity index (χ1n) is 4.12. The van der Waals surface area contributed by atoms with Gasteiger partial charge in [-0.05, 0) is 18.1 Å². The summed E-state index contributed by atoms with van der Waals surface area (Å²) in [5, 5.41) is 0. The molecule has 0 bridgehead atoms. The maximum absolute atomic E-state index is 10.5. The molecule has 0 atom stereocenters. The zero-order valence-electron chi connectivity index (χ0n) is 7.44. The molecule has 70 valence electrons. The SMILES string of the molecule is [B]c1cccc(Br)c1CC(C=O)C=O. The van der Waals surface area contributed by atoms with Gasteiger partial charge in [-0.2, -0.15) is 0 Å². The molecule has 0 saturated heterocycles. The molecule has 2 nitrogen and oxygen atoms in total. The van der Waals surface area contributed by atoms with Crippen LogP contribution < -0.4 is 5.46 Å². The van der Waals surface area contributed by atoms with E-state index in [0.29, 0.717) is 24.5 Å². The maximum Gasteiger partial charge on any atom is 0.130 e. The van der Waals surface area contributed by atoms with Crippen LogP contribution in [0.1, 0.15) is 5.56 Å². The third kappa shape index (κ3) is 2.55. The van der Waals surface area contributed by atoms with Crippen LogP contribution in [0.25, 0.3) is 0 Å². The molecule has 0 fully saturated rings. The van der Waals surface area contributed by atoms with E-state index in [9.17, 15) is 9.59 Å². The molecule has 14 heavy (non-hydrogen) atoms. The number of carbonyl (C=O) groups is 2. The minimum atomic E-state index is -0.615. The van der Waals surface area contributed by atoms with Crippen LogP contribution in [0.2, 0.25) is 0 Å². The summed E-state index contributed by atoms with van der Waals surface area (Å²) >= 11 is 3.32. The van der Waals surface area contributed by atoms with Crippen LogP contribution in [0, 0.1) is 5.92 Å². The van der Waals surface area contributed by atoms with E-state index in [0.717, 1.165) is 10.0 Å². The summed E-state index contributed by atoms with van der Waals surface area (Å²) in [5.41, 5.74) is 1.39. The number of benzene rings is 1. The molecule has 0 saturated carbocycles. The van der Waals surface area contributed by atoms with Gasteiger partial charge in [0.25, 0.3) is 0 Å². The summed E-state index contributed by atoms with van der Waals surface area (Å²) in [6.45, 7) is 0. The quantitative estimate of drug-likeness (QED) is 0.450. The van der Waals surface area contributed by atoms with Crippen LogP contribution in [0.15, 0.2) is 22.7 Å². The minimum Gasteiger partial charge on any atom is -0.303 e. The van der Waals surface area contributed by atoms with Gasteiger partial charge in [0.1, 0.15) is 20.4 Å². The fourth-order valence-electron chi connectivity index (χ4n) is 1.15. The van der Waals surface area contributed by atoms with E-state index in [1.165, 1.54) is 0 Å². The van der Waals surface area contributed by atoms with Crippen molar-refractivity contribution in [3.05, 3.63) is 28.2 Å². The second kappa shape index (κ2) is 5.10. The second-order valence-electron chi connectivity index (χ2n) is 2.95. The molecule has 0 aliphatic carbocycles. The number of aldehydes is 2. The molecule has 1 rings (SSSR count). The Balaban J connectivity index is 2.95. The number of rotatable bonds is 4. The van der Waals surface area contributed by atoms with Crippen molar-refractivity contribution in [1.29, 1.82) is 0 Å². The maximum atomic E-state index is 10.5. The first kappa shape index (κ1) is 11.2. The highest BCUT2D eigenvalue weighted by atomic mass is 79.9. The molecule has 4 heteroatoms. The normalized spacial score (nSPS) is 10.1. The average Bonchev–Trinajstić information content (AvgIpc) is 2.18. The van der Waals surface area contributed by atoms with E-state index in [2.05, 4.69) is 15.9 Å². The Labute approximate surface area is 92.2 Å². The van der Waals surface area contributed by atoms with Gasteiger partial charge in [0.05, 0.1) is 5.92 Å². The van der Waals surface area contributed by atoms with Gasteiger partial charge >= 0.3 is 0 Å². The van der Waals surface area contributed by atoms with Gasteiger partial charge < -0.3 is 9.59 Å². The highest BCUT2D eigenvalue weighted by molar-refractivity contribution is 9.10.